The molecule has 2 rings (SSSR count). The minimum atomic E-state index is -3.22. The summed E-state index contributed by atoms with van der Waals surface area (Å²) >= 11 is 0. The van der Waals surface area contributed by atoms with Crippen LogP contribution in [0.25, 0.3) is 5.57 Å². The van der Waals surface area contributed by atoms with Crippen LogP contribution in [0.4, 0.5) is 0 Å². The second kappa shape index (κ2) is 4.27. The van der Waals surface area contributed by atoms with Crippen LogP contribution in [0, 0.1) is 6.92 Å². The monoisotopic (exact) mass is 251 g/mol. The number of benzene rings is 1. The van der Waals surface area contributed by atoms with Gasteiger partial charge in [-0.1, -0.05) is 12.1 Å². The van der Waals surface area contributed by atoms with Gasteiger partial charge in [0, 0.05) is 11.4 Å². The molecule has 1 aromatic rings. The van der Waals surface area contributed by atoms with E-state index in [2.05, 4.69) is 5.32 Å². The highest BCUT2D eigenvalue weighted by atomic mass is 32.2. The molecule has 0 bridgehead atoms. The number of hydrogen-bond acceptors (Lipinski definition) is 3. The van der Waals surface area contributed by atoms with Gasteiger partial charge in [0.05, 0.1) is 4.90 Å². The Labute approximate surface area is 102 Å². The number of aryl methyl sites for hydroxylation is 1. The lowest BCUT2D eigenvalue weighted by Crippen LogP contribution is -2.21. The molecular formula is C13H17NO2S. The molecule has 1 aromatic carbocycles. The van der Waals surface area contributed by atoms with Crippen molar-refractivity contribution in [3.63, 3.8) is 0 Å². The molecule has 1 aliphatic heterocycles. The molecule has 4 heteroatoms. The van der Waals surface area contributed by atoms with Gasteiger partial charge in [-0.2, -0.15) is 0 Å². The molecule has 0 aromatic heterocycles. The maximum absolute atomic E-state index is 12.0. The van der Waals surface area contributed by atoms with Gasteiger partial charge in [0.2, 0.25) is 9.84 Å². The highest BCUT2D eigenvalue weighted by Gasteiger charge is 2.27. The van der Waals surface area contributed by atoms with E-state index in [0.29, 0.717) is 4.90 Å². The molecule has 1 heterocycles. The molecule has 1 unspecified atom stereocenters. The quantitative estimate of drug-likeness (QED) is 0.895. The van der Waals surface area contributed by atoms with Gasteiger partial charge in [-0.3, -0.25) is 0 Å². The van der Waals surface area contributed by atoms with E-state index in [4.69, 9.17) is 0 Å². The maximum atomic E-state index is 12.0. The third-order valence-electron chi connectivity index (χ3n) is 3.11. The zero-order valence-electron chi connectivity index (χ0n) is 10.3. The molecule has 0 saturated carbocycles. The lowest BCUT2D eigenvalue weighted by Gasteiger charge is -2.11. The Morgan fingerprint density at radius 1 is 1.35 bits per heavy atom. The number of hydrogen-bond donors (Lipinski definition) is 1. The molecule has 0 radical (unpaired) electrons. The number of rotatable bonds is 3. The first-order chi connectivity index (χ1) is 7.94. The fourth-order valence-electron chi connectivity index (χ4n) is 2.03. The van der Waals surface area contributed by atoms with E-state index in [1.807, 2.05) is 33.0 Å². The fourth-order valence-corrected chi connectivity index (χ4v) is 3.62. The largest absolute Gasteiger partial charge is 0.317 e. The predicted molar refractivity (Wildman–Crippen MR) is 69.5 cm³/mol. The second-order valence-corrected chi connectivity index (χ2v) is 6.35. The van der Waals surface area contributed by atoms with Crippen LogP contribution in [-0.4, -0.2) is 21.5 Å². The Kier molecular flexibility index (Phi) is 3.10. The third kappa shape index (κ3) is 2.28. The molecule has 0 aliphatic carbocycles. The minimum Gasteiger partial charge on any atom is -0.317 e. The highest BCUT2D eigenvalue weighted by molar-refractivity contribution is 7.95. The van der Waals surface area contributed by atoms with E-state index in [-0.39, 0.29) is 6.04 Å². The second-order valence-electron chi connectivity index (χ2n) is 4.58. The molecule has 92 valence electrons. The van der Waals surface area contributed by atoms with Gasteiger partial charge in [-0.05, 0) is 50.1 Å². The van der Waals surface area contributed by atoms with Gasteiger partial charge in [-0.15, -0.1) is 0 Å². The lowest BCUT2D eigenvalue weighted by molar-refractivity contribution is 0.605. The fraction of sp³-hybridized carbons (Fsp3) is 0.385. The first-order valence-corrected chi connectivity index (χ1v) is 7.22. The van der Waals surface area contributed by atoms with E-state index < -0.39 is 9.84 Å². The highest BCUT2D eigenvalue weighted by Crippen LogP contribution is 2.36. The number of sulfone groups is 1. The molecule has 17 heavy (non-hydrogen) atoms. The van der Waals surface area contributed by atoms with Crippen LogP contribution in [0.15, 0.2) is 28.5 Å². The number of nitrogens with one attached hydrogen (secondary N) is 1. The molecule has 1 atom stereocenters. The van der Waals surface area contributed by atoms with Gasteiger partial charge in [0.25, 0.3) is 0 Å². The lowest BCUT2D eigenvalue weighted by atomic mass is 10.00. The van der Waals surface area contributed by atoms with E-state index in [9.17, 15) is 8.42 Å². The Hall–Kier alpha value is -1.13. The Morgan fingerprint density at radius 2 is 2.06 bits per heavy atom. The molecule has 3 nitrogen and oxygen atoms in total. The van der Waals surface area contributed by atoms with E-state index >= 15 is 0 Å². The summed E-state index contributed by atoms with van der Waals surface area (Å²) in [6, 6.07) is 5.88. The standard InChI is InChI=1S/C13H17NO2S/c1-9-4-5-12-11(7-10(2)14-3)8-17(15,16)13(12)6-9/h4-6,8,10,14H,7H2,1-3H3. The van der Waals surface area contributed by atoms with Crippen molar-refractivity contribution in [1.29, 1.82) is 0 Å². The number of fused-ring (bicyclic) bond motifs is 1. The Morgan fingerprint density at radius 3 is 2.71 bits per heavy atom. The van der Waals surface area contributed by atoms with Crippen molar-refractivity contribution >= 4 is 15.4 Å². The van der Waals surface area contributed by atoms with Gasteiger partial charge in [0.1, 0.15) is 0 Å². The summed E-state index contributed by atoms with van der Waals surface area (Å²) in [7, 11) is -1.34. The predicted octanol–water partition coefficient (Wildman–Crippen LogP) is 2.12. The maximum Gasteiger partial charge on any atom is 0.200 e. The molecule has 0 spiro atoms. The van der Waals surface area contributed by atoms with Crippen molar-refractivity contribution in [3.05, 3.63) is 34.7 Å². The summed E-state index contributed by atoms with van der Waals surface area (Å²) < 4.78 is 24.0. The summed E-state index contributed by atoms with van der Waals surface area (Å²) in [4.78, 5) is 0.454. The van der Waals surface area contributed by atoms with Gasteiger partial charge >= 0.3 is 0 Å². The molecule has 1 N–H and O–H groups in total. The smallest absolute Gasteiger partial charge is 0.200 e. The van der Waals surface area contributed by atoms with Gasteiger partial charge < -0.3 is 5.32 Å². The summed E-state index contributed by atoms with van der Waals surface area (Å²) in [5, 5.41) is 4.53. The minimum absolute atomic E-state index is 0.267. The molecule has 0 saturated heterocycles. The van der Waals surface area contributed by atoms with Crippen molar-refractivity contribution in [2.75, 3.05) is 7.05 Å². The topological polar surface area (TPSA) is 46.2 Å². The van der Waals surface area contributed by atoms with E-state index in [0.717, 1.165) is 23.1 Å². The van der Waals surface area contributed by atoms with Gasteiger partial charge in [0.15, 0.2) is 0 Å². The Balaban J connectivity index is 2.47. The van der Waals surface area contributed by atoms with Crippen LogP contribution in [0.5, 0.6) is 0 Å². The molecule has 1 aliphatic rings. The van der Waals surface area contributed by atoms with Crippen LogP contribution in [0.2, 0.25) is 0 Å². The summed E-state index contributed by atoms with van der Waals surface area (Å²) in [5.74, 6) is 0. The van der Waals surface area contributed by atoms with Crippen LogP contribution < -0.4 is 5.32 Å². The molecular weight excluding hydrogens is 234 g/mol. The normalized spacial score (nSPS) is 18.6. The first-order valence-electron chi connectivity index (χ1n) is 5.68. The van der Waals surface area contributed by atoms with Gasteiger partial charge in [-0.25, -0.2) is 8.42 Å². The SMILES string of the molecule is CNC(C)CC1=CS(=O)(=O)c2cc(C)ccc21. The zero-order chi connectivity index (χ0) is 12.6. The van der Waals surface area contributed by atoms with Crippen LogP contribution in [-0.2, 0) is 9.84 Å². The van der Waals surface area contributed by atoms with Crippen molar-refractivity contribution in [2.45, 2.75) is 31.2 Å². The van der Waals surface area contributed by atoms with Crippen LogP contribution in [0.3, 0.4) is 0 Å². The van der Waals surface area contributed by atoms with Crippen molar-refractivity contribution in [2.24, 2.45) is 0 Å². The van der Waals surface area contributed by atoms with Crippen molar-refractivity contribution in [3.8, 4) is 0 Å². The van der Waals surface area contributed by atoms with E-state index in [1.165, 1.54) is 5.41 Å². The average Bonchev–Trinajstić information content (AvgIpc) is 2.50. The molecule has 0 amide bonds. The van der Waals surface area contributed by atoms with Crippen molar-refractivity contribution < 1.29 is 8.42 Å². The van der Waals surface area contributed by atoms with E-state index in [1.54, 1.807) is 6.07 Å². The zero-order valence-corrected chi connectivity index (χ0v) is 11.1. The van der Waals surface area contributed by atoms with Crippen LogP contribution >= 0.6 is 0 Å². The van der Waals surface area contributed by atoms with Crippen LogP contribution in [0.1, 0.15) is 24.5 Å². The summed E-state index contributed by atoms with van der Waals surface area (Å²) in [5.41, 5.74) is 2.74. The Bertz CT molecular complexity index is 573. The third-order valence-corrected chi connectivity index (χ3v) is 4.65. The summed E-state index contributed by atoms with van der Waals surface area (Å²) in [6.45, 7) is 3.95. The summed E-state index contributed by atoms with van der Waals surface area (Å²) in [6.07, 6.45) is 0.728. The average molecular weight is 251 g/mol. The first kappa shape index (κ1) is 12.3. The molecule has 0 fully saturated rings. The van der Waals surface area contributed by atoms with Crippen molar-refractivity contribution in [1.82, 2.24) is 5.32 Å².